The van der Waals surface area contributed by atoms with Gasteiger partial charge in [-0.2, -0.15) is 0 Å². The number of aryl methyl sites for hydroxylation is 1. The highest BCUT2D eigenvalue weighted by molar-refractivity contribution is 7.80. The number of nitrogens with zero attached hydrogens (tertiary/aromatic N) is 2. The number of thiophene rings is 1. The molecule has 3 N–H and O–H groups in total. The van der Waals surface area contributed by atoms with Crippen LogP contribution in [0.5, 0.6) is 0 Å². The smallest absolute Gasteiger partial charge is 0.341 e. The lowest BCUT2D eigenvalue weighted by Crippen LogP contribution is -2.20. The average Bonchev–Trinajstić information content (AvgIpc) is 2.97. The molecule has 0 aliphatic rings. The van der Waals surface area contributed by atoms with Crippen LogP contribution in [0.1, 0.15) is 20.8 Å². The van der Waals surface area contributed by atoms with Crippen molar-refractivity contribution in [1.29, 1.82) is 0 Å². The Kier molecular flexibility index (Phi) is 6.63. The number of halogens is 1. The average molecular weight is 448 g/mol. The summed E-state index contributed by atoms with van der Waals surface area (Å²) in [7, 11) is 1.36. The minimum Gasteiger partial charge on any atom is -0.465 e. The minimum atomic E-state index is -0.391. The molecule has 3 aromatic rings. The van der Waals surface area contributed by atoms with Gasteiger partial charge in [0.2, 0.25) is 0 Å². The molecule has 0 saturated heterocycles. The number of carbonyl (C=O) groups is 1. The zero-order chi connectivity index (χ0) is 21.0. The number of esters is 1. The quantitative estimate of drug-likeness (QED) is 0.365. The number of hydrogen-bond donors (Lipinski definition) is 3. The van der Waals surface area contributed by atoms with Gasteiger partial charge in [0.1, 0.15) is 5.00 Å². The summed E-state index contributed by atoms with van der Waals surface area (Å²) in [4.78, 5) is 13.1. The number of thiocarbonyl (C=S) groups is 1. The van der Waals surface area contributed by atoms with E-state index in [1.54, 1.807) is 12.1 Å². The Bertz CT molecular complexity index is 1040. The summed E-state index contributed by atoms with van der Waals surface area (Å²) in [5.41, 5.74) is 3.01. The van der Waals surface area contributed by atoms with Gasteiger partial charge in [-0.05, 0) is 68.0 Å². The summed E-state index contributed by atoms with van der Waals surface area (Å²) in [6.45, 7) is 3.83. The summed E-state index contributed by atoms with van der Waals surface area (Å²) >= 11 is 12.6. The van der Waals surface area contributed by atoms with Gasteiger partial charge in [-0.15, -0.1) is 21.5 Å². The highest BCUT2D eigenvalue weighted by atomic mass is 35.5. The molecule has 0 radical (unpaired) electrons. The maximum atomic E-state index is 12.1. The van der Waals surface area contributed by atoms with Crippen LogP contribution in [0, 0.1) is 13.8 Å². The van der Waals surface area contributed by atoms with Crippen molar-refractivity contribution in [2.24, 2.45) is 0 Å². The molecule has 29 heavy (non-hydrogen) atoms. The summed E-state index contributed by atoms with van der Waals surface area (Å²) in [5, 5.41) is 18.4. The molecule has 0 fully saturated rings. The van der Waals surface area contributed by atoms with Crippen LogP contribution >= 0.6 is 35.2 Å². The van der Waals surface area contributed by atoms with Gasteiger partial charge in [0, 0.05) is 16.3 Å². The van der Waals surface area contributed by atoms with Crippen LogP contribution in [0.25, 0.3) is 0 Å². The monoisotopic (exact) mass is 447 g/mol. The molecule has 7 nitrogen and oxygen atoms in total. The molecule has 0 atom stereocenters. The number of anilines is 4. The third-order valence-electron chi connectivity index (χ3n) is 4.05. The predicted molar refractivity (Wildman–Crippen MR) is 122 cm³/mol. The Morgan fingerprint density at radius 1 is 1.07 bits per heavy atom. The Morgan fingerprint density at radius 2 is 1.76 bits per heavy atom. The molecular weight excluding hydrogens is 430 g/mol. The fourth-order valence-electron chi connectivity index (χ4n) is 2.50. The van der Waals surface area contributed by atoms with Gasteiger partial charge in [0.05, 0.1) is 12.7 Å². The van der Waals surface area contributed by atoms with E-state index >= 15 is 0 Å². The van der Waals surface area contributed by atoms with E-state index in [0.29, 0.717) is 26.6 Å². The van der Waals surface area contributed by atoms with Crippen LogP contribution in [0.3, 0.4) is 0 Å². The normalized spacial score (nSPS) is 10.3. The highest BCUT2D eigenvalue weighted by Gasteiger charge is 2.20. The fraction of sp³-hybridized carbons (Fsp3) is 0.158. The Labute approximate surface area is 182 Å². The second-order valence-electron chi connectivity index (χ2n) is 6.00. The van der Waals surface area contributed by atoms with Gasteiger partial charge in [-0.1, -0.05) is 11.6 Å². The third-order valence-corrected chi connectivity index (χ3v) is 5.58. The zero-order valence-corrected chi connectivity index (χ0v) is 18.3. The molecule has 150 valence electrons. The first-order chi connectivity index (χ1) is 13.9. The number of carbonyl (C=O) groups excluding carboxylic acids is 1. The van der Waals surface area contributed by atoms with Crippen LogP contribution in [-0.4, -0.2) is 28.4 Å². The van der Waals surface area contributed by atoms with Crippen molar-refractivity contribution in [3.8, 4) is 0 Å². The van der Waals surface area contributed by atoms with E-state index in [9.17, 15) is 4.79 Å². The summed E-state index contributed by atoms with van der Waals surface area (Å²) in [5.74, 6) is 0.198. The Morgan fingerprint density at radius 3 is 2.38 bits per heavy atom. The topological polar surface area (TPSA) is 88.2 Å². The van der Waals surface area contributed by atoms with Crippen LogP contribution in [0.2, 0.25) is 5.15 Å². The molecule has 0 aliphatic carbocycles. The molecule has 0 unspecified atom stereocenters. The second kappa shape index (κ2) is 9.17. The number of aromatic nitrogens is 2. The summed E-state index contributed by atoms with van der Waals surface area (Å²) < 4.78 is 4.88. The molecule has 0 spiro atoms. The Balaban J connectivity index is 1.65. The van der Waals surface area contributed by atoms with E-state index in [-0.39, 0.29) is 0 Å². The second-order valence-corrected chi connectivity index (χ2v) is 8.02. The largest absolute Gasteiger partial charge is 0.465 e. The number of methoxy groups -OCH3 is 1. The van der Waals surface area contributed by atoms with Gasteiger partial charge in [0.25, 0.3) is 0 Å². The lowest BCUT2D eigenvalue weighted by atomic mass is 10.1. The van der Waals surface area contributed by atoms with Crippen molar-refractivity contribution in [1.82, 2.24) is 10.2 Å². The summed E-state index contributed by atoms with van der Waals surface area (Å²) in [6, 6.07) is 10.9. The summed E-state index contributed by atoms with van der Waals surface area (Å²) in [6.07, 6.45) is 0. The van der Waals surface area contributed by atoms with Gasteiger partial charge >= 0.3 is 5.97 Å². The van der Waals surface area contributed by atoms with Crippen molar-refractivity contribution in [3.05, 3.63) is 57.6 Å². The number of ether oxygens (including phenoxy) is 1. The molecule has 0 amide bonds. The fourth-order valence-corrected chi connectivity index (χ4v) is 3.93. The minimum absolute atomic E-state index is 0.336. The first-order valence-electron chi connectivity index (χ1n) is 8.50. The molecule has 1 aromatic carbocycles. The van der Waals surface area contributed by atoms with Crippen LogP contribution in [0.15, 0.2) is 36.4 Å². The SMILES string of the molecule is COC(=O)c1c(NC(=S)Nc2ccc(Nc3ccc(Cl)nn3)cc2)sc(C)c1C. The maximum Gasteiger partial charge on any atom is 0.341 e. The predicted octanol–water partition coefficient (Wildman–Crippen LogP) is 5.15. The van der Waals surface area contributed by atoms with Crippen molar-refractivity contribution in [2.75, 3.05) is 23.1 Å². The van der Waals surface area contributed by atoms with E-state index < -0.39 is 5.97 Å². The van der Waals surface area contributed by atoms with Crippen LogP contribution in [0.4, 0.5) is 22.2 Å². The lowest BCUT2D eigenvalue weighted by molar-refractivity contribution is 0.0601. The van der Waals surface area contributed by atoms with Gasteiger partial charge in [0.15, 0.2) is 16.1 Å². The van der Waals surface area contributed by atoms with Gasteiger partial charge < -0.3 is 20.7 Å². The van der Waals surface area contributed by atoms with E-state index in [0.717, 1.165) is 21.8 Å². The standard InChI is InChI=1S/C19H18ClN5O2S2/c1-10-11(2)29-17(16(10)18(26)27-3)23-19(28)22-13-6-4-12(5-7-13)21-15-9-8-14(20)24-25-15/h4-9H,1-3H3,(H,21,25)(H2,22,23,28). The number of rotatable bonds is 5. The van der Waals surface area contributed by atoms with Crippen molar-refractivity contribution >= 4 is 68.4 Å². The highest BCUT2D eigenvalue weighted by Crippen LogP contribution is 2.33. The molecule has 10 heteroatoms. The maximum absolute atomic E-state index is 12.1. The van der Waals surface area contributed by atoms with E-state index in [4.69, 9.17) is 28.6 Å². The third kappa shape index (κ3) is 5.20. The molecule has 0 aliphatic heterocycles. The number of nitrogens with one attached hydrogen (secondary N) is 3. The van der Waals surface area contributed by atoms with E-state index in [1.807, 2.05) is 38.1 Å². The molecule has 0 saturated carbocycles. The van der Waals surface area contributed by atoms with Crippen molar-refractivity contribution in [3.63, 3.8) is 0 Å². The zero-order valence-electron chi connectivity index (χ0n) is 15.9. The van der Waals surface area contributed by atoms with Crippen LogP contribution < -0.4 is 16.0 Å². The molecule has 3 rings (SSSR count). The van der Waals surface area contributed by atoms with E-state index in [2.05, 4.69) is 26.1 Å². The molecule has 0 bridgehead atoms. The van der Waals surface area contributed by atoms with Gasteiger partial charge in [-0.25, -0.2) is 4.79 Å². The Hall–Kier alpha value is -2.75. The molecule has 2 heterocycles. The first-order valence-corrected chi connectivity index (χ1v) is 10.1. The van der Waals surface area contributed by atoms with Gasteiger partial charge in [-0.3, -0.25) is 0 Å². The van der Waals surface area contributed by atoms with Crippen molar-refractivity contribution in [2.45, 2.75) is 13.8 Å². The lowest BCUT2D eigenvalue weighted by Gasteiger charge is -2.11. The number of hydrogen-bond acceptors (Lipinski definition) is 7. The first kappa shape index (κ1) is 21.0. The van der Waals surface area contributed by atoms with Crippen molar-refractivity contribution < 1.29 is 9.53 Å². The molecule has 2 aromatic heterocycles. The molecular formula is C19H18ClN5O2S2. The number of benzene rings is 1. The van der Waals surface area contributed by atoms with Crippen LogP contribution in [-0.2, 0) is 4.74 Å². The van der Waals surface area contributed by atoms with E-state index in [1.165, 1.54) is 18.4 Å².